The van der Waals surface area contributed by atoms with E-state index in [0.29, 0.717) is 12.5 Å². The highest BCUT2D eigenvalue weighted by atomic mass is 16.6. The minimum Gasteiger partial charge on any atom is -0.448 e. The molecule has 3 fully saturated rings. The summed E-state index contributed by atoms with van der Waals surface area (Å²) >= 11 is 0. The average molecular weight is 329 g/mol. The van der Waals surface area contributed by atoms with Crippen molar-refractivity contribution in [3.63, 3.8) is 0 Å². The molecule has 0 atom stereocenters. The van der Waals surface area contributed by atoms with Crippen molar-refractivity contribution in [2.75, 3.05) is 13.2 Å². The third-order valence-electron chi connectivity index (χ3n) is 6.04. The summed E-state index contributed by atoms with van der Waals surface area (Å²) in [5.41, 5.74) is 4.56. The van der Waals surface area contributed by atoms with E-state index in [0.717, 1.165) is 19.4 Å². The number of terminal acetylenes is 1. The van der Waals surface area contributed by atoms with E-state index in [2.05, 4.69) is 42.3 Å². The van der Waals surface area contributed by atoms with Gasteiger partial charge in [-0.05, 0) is 41.0 Å². The summed E-state index contributed by atoms with van der Waals surface area (Å²) in [7, 11) is 0. The van der Waals surface area contributed by atoms with Gasteiger partial charge in [0.2, 0.25) is 0 Å². The molecule has 0 radical (unpaired) electrons. The van der Waals surface area contributed by atoms with Crippen LogP contribution in [0.5, 0.6) is 0 Å². The molecule has 6 rings (SSSR count). The molecule has 2 aliphatic heterocycles. The second kappa shape index (κ2) is 5.13. The molecule has 0 unspecified atom stereocenters. The number of ether oxygens (including phenoxy) is 1. The van der Waals surface area contributed by atoms with Gasteiger partial charge in [-0.25, -0.2) is 4.79 Å². The predicted molar refractivity (Wildman–Crippen MR) is 96.1 cm³/mol. The van der Waals surface area contributed by atoms with Gasteiger partial charge in [0.15, 0.2) is 0 Å². The lowest BCUT2D eigenvalue weighted by atomic mass is 9.74. The molecule has 4 aliphatic rings. The Kier molecular flexibility index (Phi) is 3.00. The Balaban J connectivity index is 1.38. The van der Waals surface area contributed by atoms with Gasteiger partial charge in [-0.3, -0.25) is 4.90 Å². The molecule has 0 spiro atoms. The van der Waals surface area contributed by atoms with E-state index in [-0.39, 0.29) is 17.6 Å². The van der Waals surface area contributed by atoms with Crippen LogP contribution in [0.15, 0.2) is 48.5 Å². The second-order valence-electron chi connectivity index (χ2n) is 7.36. The van der Waals surface area contributed by atoms with Crippen molar-refractivity contribution in [3.8, 4) is 23.5 Å². The summed E-state index contributed by atoms with van der Waals surface area (Å²) in [5.74, 6) is 3.47. The van der Waals surface area contributed by atoms with E-state index in [9.17, 15) is 4.79 Å². The smallest absolute Gasteiger partial charge is 0.411 e. The van der Waals surface area contributed by atoms with Crippen molar-refractivity contribution in [2.24, 2.45) is 5.92 Å². The topological polar surface area (TPSA) is 29.5 Å². The van der Waals surface area contributed by atoms with Crippen LogP contribution in [0.4, 0.5) is 4.79 Å². The lowest BCUT2D eigenvalue weighted by Gasteiger charge is -2.36. The van der Waals surface area contributed by atoms with Gasteiger partial charge in [0, 0.05) is 12.5 Å². The first kappa shape index (κ1) is 14.6. The summed E-state index contributed by atoms with van der Waals surface area (Å²) in [6.07, 6.45) is 7.26. The van der Waals surface area contributed by atoms with Crippen LogP contribution in [-0.4, -0.2) is 29.7 Å². The Morgan fingerprint density at radius 2 is 1.72 bits per heavy atom. The molecule has 2 aromatic rings. The third kappa shape index (κ3) is 1.97. The van der Waals surface area contributed by atoms with E-state index < -0.39 is 0 Å². The number of hydrogen-bond donors (Lipinski definition) is 0. The van der Waals surface area contributed by atoms with Gasteiger partial charge in [-0.15, -0.1) is 6.42 Å². The molecule has 25 heavy (non-hydrogen) atoms. The Morgan fingerprint density at radius 1 is 1.12 bits per heavy atom. The number of rotatable bonds is 2. The molecular formula is C22H19NO2. The fraction of sp³-hybridized carbons (Fsp3) is 0.318. The van der Waals surface area contributed by atoms with Gasteiger partial charge < -0.3 is 4.74 Å². The largest absolute Gasteiger partial charge is 0.448 e. The van der Waals surface area contributed by atoms with Crippen molar-refractivity contribution >= 4 is 6.09 Å². The molecule has 0 N–H and O–H groups in total. The SMILES string of the molecule is C#CC12CC(CN1C(=O)OCC1c3ccccc3-c3ccccc31)C2. The van der Waals surface area contributed by atoms with Crippen LogP contribution in [0.2, 0.25) is 0 Å². The number of benzene rings is 2. The fourth-order valence-corrected chi connectivity index (χ4v) is 4.79. The van der Waals surface area contributed by atoms with E-state index in [1.165, 1.54) is 22.3 Å². The van der Waals surface area contributed by atoms with E-state index in [4.69, 9.17) is 11.2 Å². The minimum atomic E-state index is -0.382. The molecule has 3 nitrogen and oxygen atoms in total. The molecule has 3 heteroatoms. The molecule has 2 saturated heterocycles. The van der Waals surface area contributed by atoms with Crippen LogP contribution in [0.3, 0.4) is 0 Å². The molecule has 2 bridgehead atoms. The maximum atomic E-state index is 12.6. The first-order valence-electron chi connectivity index (χ1n) is 8.82. The lowest BCUT2D eigenvalue weighted by Crippen LogP contribution is -2.47. The standard InChI is InChI=1S/C22H19NO2/c1-2-22-11-15(12-22)13-23(22)21(24)25-14-20-18-9-5-3-7-16(18)17-8-4-6-10-19(17)20/h1,3-10,15,20H,11-14H2. The molecule has 1 saturated carbocycles. The minimum absolute atomic E-state index is 0.0933. The van der Waals surface area contributed by atoms with Crippen molar-refractivity contribution < 1.29 is 9.53 Å². The Hall–Kier alpha value is -2.73. The predicted octanol–water partition coefficient (Wildman–Crippen LogP) is 4.03. The average Bonchev–Trinajstić information content (AvgIpc) is 3.27. The maximum absolute atomic E-state index is 12.6. The Labute approximate surface area is 147 Å². The molecule has 124 valence electrons. The van der Waals surface area contributed by atoms with E-state index in [1.807, 2.05) is 12.1 Å². The van der Waals surface area contributed by atoms with Gasteiger partial charge >= 0.3 is 6.09 Å². The number of hydrogen-bond acceptors (Lipinski definition) is 2. The van der Waals surface area contributed by atoms with Crippen LogP contribution in [-0.2, 0) is 4.74 Å². The van der Waals surface area contributed by atoms with Crippen molar-refractivity contribution in [1.82, 2.24) is 4.90 Å². The zero-order chi connectivity index (χ0) is 17.0. The van der Waals surface area contributed by atoms with Gasteiger partial charge in [0.25, 0.3) is 0 Å². The number of fused-ring (bicyclic) bond motifs is 4. The molecular weight excluding hydrogens is 310 g/mol. The highest BCUT2D eigenvalue weighted by Gasteiger charge is 2.57. The van der Waals surface area contributed by atoms with Crippen LogP contribution >= 0.6 is 0 Å². The van der Waals surface area contributed by atoms with Crippen LogP contribution < -0.4 is 0 Å². The Bertz CT molecular complexity index is 859. The van der Waals surface area contributed by atoms with Crippen molar-refractivity contribution in [1.29, 1.82) is 0 Å². The summed E-state index contributed by atoms with van der Waals surface area (Å²) in [6, 6.07) is 16.7. The monoisotopic (exact) mass is 329 g/mol. The summed E-state index contributed by atoms with van der Waals surface area (Å²) in [4.78, 5) is 14.4. The van der Waals surface area contributed by atoms with Gasteiger partial charge in [0.1, 0.15) is 12.1 Å². The van der Waals surface area contributed by atoms with Crippen molar-refractivity contribution in [2.45, 2.75) is 24.3 Å². The molecule has 2 aliphatic carbocycles. The molecule has 0 aromatic heterocycles. The van der Waals surface area contributed by atoms with Crippen LogP contribution in [0.25, 0.3) is 11.1 Å². The summed E-state index contributed by atoms with van der Waals surface area (Å²) in [6.45, 7) is 1.09. The Morgan fingerprint density at radius 3 is 2.32 bits per heavy atom. The van der Waals surface area contributed by atoms with Crippen LogP contribution in [0, 0.1) is 18.3 Å². The molecule has 1 amide bonds. The summed E-state index contributed by atoms with van der Waals surface area (Å²) < 4.78 is 5.74. The zero-order valence-corrected chi connectivity index (χ0v) is 13.9. The third-order valence-corrected chi connectivity index (χ3v) is 6.04. The van der Waals surface area contributed by atoms with E-state index >= 15 is 0 Å². The summed E-state index contributed by atoms with van der Waals surface area (Å²) in [5, 5.41) is 0. The maximum Gasteiger partial charge on any atom is 0.411 e. The lowest BCUT2D eigenvalue weighted by molar-refractivity contribution is 0.0835. The quantitative estimate of drug-likeness (QED) is 0.779. The molecule has 2 aromatic carbocycles. The molecule has 2 heterocycles. The fourth-order valence-electron chi connectivity index (χ4n) is 4.79. The van der Waals surface area contributed by atoms with Crippen molar-refractivity contribution in [3.05, 3.63) is 59.7 Å². The van der Waals surface area contributed by atoms with Gasteiger partial charge in [-0.2, -0.15) is 0 Å². The normalized spacial score (nSPS) is 25.7. The number of carbonyl (C=O) groups is 1. The highest BCUT2D eigenvalue weighted by Crippen LogP contribution is 2.50. The second-order valence-corrected chi connectivity index (χ2v) is 7.36. The number of nitrogens with zero attached hydrogens (tertiary/aromatic N) is 1. The number of amides is 1. The zero-order valence-electron chi connectivity index (χ0n) is 13.9. The number of carbonyl (C=O) groups excluding carboxylic acids is 1. The van der Waals surface area contributed by atoms with Gasteiger partial charge in [0.05, 0.1) is 0 Å². The highest BCUT2D eigenvalue weighted by molar-refractivity contribution is 5.79. The van der Waals surface area contributed by atoms with Crippen LogP contribution in [0.1, 0.15) is 29.9 Å². The first-order chi connectivity index (χ1) is 12.2. The van der Waals surface area contributed by atoms with E-state index in [1.54, 1.807) is 4.90 Å². The first-order valence-corrected chi connectivity index (χ1v) is 8.82. The van der Waals surface area contributed by atoms with Gasteiger partial charge in [-0.1, -0.05) is 54.5 Å².